The van der Waals surface area contributed by atoms with Crippen LogP contribution < -0.4 is 0 Å². The Balaban J connectivity index is 2.88. The van der Waals surface area contributed by atoms with Gasteiger partial charge in [-0.05, 0) is 0 Å². The number of carbonyl (C=O) groups is 1. The van der Waals surface area contributed by atoms with Crippen LogP contribution in [0.25, 0.3) is 0 Å². The van der Waals surface area contributed by atoms with Crippen LogP contribution >= 0.6 is 20.6 Å². The highest BCUT2D eigenvalue weighted by molar-refractivity contribution is 7.18. The van der Waals surface area contributed by atoms with Crippen molar-refractivity contribution in [2.24, 2.45) is 0 Å². The highest BCUT2D eigenvalue weighted by atomic mass is 32.1. The Bertz CT molecular complexity index is 248. The van der Waals surface area contributed by atoms with Crippen LogP contribution in [-0.4, -0.2) is 16.1 Å². The largest absolute Gasteiger partial charge is 0.476 e. The highest BCUT2D eigenvalue weighted by Gasteiger charge is 2.06. The lowest BCUT2D eigenvalue weighted by Gasteiger charge is -1.82. The molecule has 1 aromatic heterocycles. The van der Waals surface area contributed by atoms with Crippen LogP contribution in [0.5, 0.6) is 0 Å². The molecule has 0 spiro atoms. The predicted octanol–water partition coefficient (Wildman–Crippen LogP) is 1.22. The van der Waals surface area contributed by atoms with Crippen molar-refractivity contribution in [1.29, 1.82) is 0 Å². The molecule has 5 heteroatoms. The van der Waals surface area contributed by atoms with E-state index in [1.54, 1.807) is 5.38 Å². The van der Waals surface area contributed by atoms with Gasteiger partial charge in [0.1, 0.15) is 0 Å². The van der Waals surface area contributed by atoms with Crippen LogP contribution in [0.3, 0.4) is 0 Å². The first-order valence-corrected chi connectivity index (χ1v) is 4.31. The zero-order chi connectivity index (χ0) is 7.56. The minimum atomic E-state index is -0.957. The molecular weight excluding hydrogens is 169 g/mol. The minimum Gasteiger partial charge on any atom is -0.476 e. The van der Waals surface area contributed by atoms with E-state index in [0.29, 0.717) is 0 Å². The maximum atomic E-state index is 10.3. The summed E-state index contributed by atoms with van der Waals surface area (Å²) < 4.78 is 0. The van der Waals surface area contributed by atoms with Crippen LogP contribution in [0, 0.1) is 0 Å². The molecule has 1 atom stereocenters. The van der Waals surface area contributed by atoms with Crippen LogP contribution in [0.2, 0.25) is 0 Å². The van der Waals surface area contributed by atoms with E-state index in [9.17, 15) is 4.79 Å². The molecule has 1 aromatic rings. The standard InChI is InChI=1S/C5H6NO2PS/c7-5(8)3-2-10-4(1-9)6-3/h2H,1,9H2,(H,7,8). The number of carboxylic acid groups (broad SMARTS) is 1. The molecule has 0 aliphatic carbocycles. The summed E-state index contributed by atoms with van der Waals surface area (Å²) in [6.45, 7) is 0. The minimum absolute atomic E-state index is 0.141. The van der Waals surface area contributed by atoms with Gasteiger partial charge >= 0.3 is 5.97 Å². The molecule has 0 saturated heterocycles. The fourth-order valence-electron chi connectivity index (χ4n) is 0.503. The molecule has 0 fully saturated rings. The molecule has 0 aromatic carbocycles. The van der Waals surface area contributed by atoms with Gasteiger partial charge in [0.05, 0.1) is 5.01 Å². The second kappa shape index (κ2) is 3.08. The van der Waals surface area contributed by atoms with Crippen molar-refractivity contribution in [3.8, 4) is 0 Å². The van der Waals surface area contributed by atoms with Gasteiger partial charge in [-0.3, -0.25) is 0 Å². The third-order valence-electron chi connectivity index (χ3n) is 0.945. The van der Waals surface area contributed by atoms with E-state index in [0.717, 1.165) is 11.2 Å². The zero-order valence-electron chi connectivity index (χ0n) is 5.07. The quantitative estimate of drug-likeness (QED) is 0.687. The van der Waals surface area contributed by atoms with Gasteiger partial charge in [0.15, 0.2) is 5.69 Å². The van der Waals surface area contributed by atoms with Crippen molar-refractivity contribution in [3.05, 3.63) is 16.1 Å². The lowest BCUT2D eigenvalue weighted by atomic mass is 10.5. The second-order valence-corrected chi connectivity index (χ2v) is 2.99. The molecule has 1 N–H and O–H groups in total. The molecule has 0 bridgehead atoms. The Labute approximate surface area is 64.3 Å². The van der Waals surface area contributed by atoms with Gasteiger partial charge in [0.2, 0.25) is 0 Å². The third-order valence-corrected chi connectivity index (χ3v) is 2.50. The van der Waals surface area contributed by atoms with Crippen molar-refractivity contribution >= 4 is 26.5 Å². The summed E-state index contributed by atoms with van der Waals surface area (Å²) in [5.74, 6) is -0.957. The molecular formula is C5H6NO2PS. The van der Waals surface area contributed by atoms with Crippen LogP contribution in [0.15, 0.2) is 5.38 Å². The lowest BCUT2D eigenvalue weighted by molar-refractivity contribution is 0.0691. The predicted molar refractivity (Wildman–Crippen MR) is 42.5 cm³/mol. The number of aromatic nitrogens is 1. The average molecular weight is 175 g/mol. The number of thiazole rings is 1. The Morgan fingerprint density at radius 3 is 2.90 bits per heavy atom. The van der Waals surface area contributed by atoms with Crippen LogP contribution in [0.4, 0.5) is 0 Å². The summed E-state index contributed by atoms with van der Waals surface area (Å²) in [6.07, 6.45) is 0.720. The van der Waals surface area contributed by atoms with Gasteiger partial charge in [-0.25, -0.2) is 9.78 Å². The van der Waals surface area contributed by atoms with Gasteiger partial charge in [0.25, 0.3) is 0 Å². The normalized spacial score (nSPS) is 9.70. The fraction of sp³-hybridized carbons (Fsp3) is 0.200. The smallest absolute Gasteiger partial charge is 0.355 e. The van der Waals surface area contributed by atoms with E-state index in [1.165, 1.54) is 11.3 Å². The maximum Gasteiger partial charge on any atom is 0.355 e. The number of hydrogen-bond acceptors (Lipinski definition) is 3. The number of carboxylic acids is 1. The number of hydrogen-bond donors (Lipinski definition) is 1. The summed E-state index contributed by atoms with van der Waals surface area (Å²) in [6, 6.07) is 0. The molecule has 54 valence electrons. The molecule has 1 unspecified atom stereocenters. The number of rotatable bonds is 2. The van der Waals surface area contributed by atoms with Gasteiger partial charge < -0.3 is 5.11 Å². The second-order valence-electron chi connectivity index (χ2n) is 1.64. The molecule has 0 aliphatic heterocycles. The molecule has 1 rings (SSSR count). The van der Waals surface area contributed by atoms with Crippen molar-refractivity contribution in [1.82, 2.24) is 4.98 Å². The summed E-state index contributed by atoms with van der Waals surface area (Å²) in [7, 11) is 2.49. The maximum absolute atomic E-state index is 10.3. The first kappa shape index (κ1) is 7.63. The molecule has 0 saturated carbocycles. The SMILES string of the molecule is O=C(O)c1csc(CP)n1. The average Bonchev–Trinajstić information content (AvgIpc) is 2.34. The fourth-order valence-corrected chi connectivity index (χ4v) is 1.53. The number of aromatic carboxylic acids is 1. The van der Waals surface area contributed by atoms with E-state index < -0.39 is 5.97 Å². The summed E-state index contributed by atoms with van der Waals surface area (Å²) in [5.41, 5.74) is 0.141. The molecule has 0 amide bonds. The Morgan fingerprint density at radius 1 is 1.90 bits per heavy atom. The monoisotopic (exact) mass is 175 g/mol. The summed E-state index contributed by atoms with van der Waals surface area (Å²) in [4.78, 5) is 14.1. The summed E-state index contributed by atoms with van der Waals surface area (Å²) in [5, 5.41) is 10.8. The van der Waals surface area contributed by atoms with Crippen molar-refractivity contribution < 1.29 is 9.90 Å². The van der Waals surface area contributed by atoms with E-state index >= 15 is 0 Å². The van der Waals surface area contributed by atoms with Gasteiger partial charge in [0, 0.05) is 11.5 Å². The first-order valence-electron chi connectivity index (χ1n) is 2.62. The van der Waals surface area contributed by atoms with E-state index in [4.69, 9.17) is 5.11 Å². The van der Waals surface area contributed by atoms with Gasteiger partial charge in [-0.2, -0.15) is 0 Å². The number of nitrogens with zero attached hydrogens (tertiary/aromatic N) is 1. The topological polar surface area (TPSA) is 50.2 Å². The van der Waals surface area contributed by atoms with E-state index in [2.05, 4.69) is 14.2 Å². The van der Waals surface area contributed by atoms with E-state index in [-0.39, 0.29) is 5.69 Å². The van der Waals surface area contributed by atoms with Crippen molar-refractivity contribution in [2.75, 3.05) is 0 Å². The van der Waals surface area contributed by atoms with Gasteiger partial charge in [-0.15, -0.1) is 20.6 Å². The zero-order valence-corrected chi connectivity index (χ0v) is 7.04. The molecule has 3 nitrogen and oxygen atoms in total. The van der Waals surface area contributed by atoms with Gasteiger partial charge in [-0.1, -0.05) is 0 Å². The molecule has 0 radical (unpaired) electrons. The molecule has 0 aliphatic rings. The van der Waals surface area contributed by atoms with Crippen LogP contribution in [-0.2, 0) is 6.16 Å². The van der Waals surface area contributed by atoms with Crippen LogP contribution in [0.1, 0.15) is 15.5 Å². The molecule has 1 heterocycles. The molecule has 10 heavy (non-hydrogen) atoms. The van der Waals surface area contributed by atoms with Crippen molar-refractivity contribution in [3.63, 3.8) is 0 Å². The Morgan fingerprint density at radius 2 is 2.60 bits per heavy atom. The Hall–Kier alpha value is -0.470. The first-order chi connectivity index (χ1) is 4.74. The Kier molecular flexibility index (Phi) is 2.35. The van der Waals surface area contributed by atoms with E-state index in [1.807, 2.05) is 0 Å². The lowest BCUT2D eigenvalue weighted by Crippen LogP contribution is -1.95. The third kappa shape index (κ3) is 1.52. The van der Waals surface area contributed by atoms with Crippen molar-refractivity contribution in [2.45, 2.75) is 6.16 Å². The highest BCUT2D eigenvalue weighted by Crippen LogP contribution is 2.12. The summed E-state index contributed by atoms with van der Waals surface area (Å²) >= 11 is 1.37.